The van der Waals surface area contributed by atoms with Gasteiger partial charge < -0.3 is 15.8 Å². The van der Waals surface area contributed by atoms with Crippen molar-refractivity contribution in [3.05, 3.63) is 29.8 Å². The lowest BCUT2D eigenvalue weighted by Crippen LogP contribution is -2.36. The van der Waals surface area contributed by atoms with Crippen molar-refractivity contribution in [1.82, 2.24) is 0 Å². The molecule has 2 unspecified atom stereocenters. The molecule has 0 aliphatic heterocycles. The smallest absolute Gasteiger partial charge is 0.0713 e. The minimum atomic E-state index is 0.529. The van der Waals surface area contributed by atoms with Crippen LogP contribution in [0.3, 0.4) is 0 Å². The Morgan fingerprint density at radius 2 is 2.17 bits per heavy atom. The van der Waals surface area contributed by atoms with Crippen LogP contribution in [0.4, 0.5) is 5.69 Å². The molecule has 0 spiro atoms. The fourth-order valence-electron chi connectivity index (χ4n) is 2.81. The van der Waals surface area contributed by atoms with Crippen molar-refractivity contribution < 1.29 is 4.74 Å². The number of ether oxygens (including phenoxy) is 1. The zero-order valence-corrected chi connectivity index (χ0v) is 11.2. The van der Waals surface area contributed by atoms with Crippen LogP contribution < -0.4 is 11.1 Å². The van der Waals surface area contributed by atoms with Gasteiger partial charge in [0.05, 0.1) is 6.61 Å². The van der Waals surface area contributed by atoms with E-state index in [1.807, 2.05) is 0 Å². The third-order valence-electron chi connectivity index (χ3n) is 3.80. The van der Waals surface area contributed by atoms with Gasteiger partial charge in [-0.05, 0) is 43.0 Å². The highest BCUT2D eigenvalue weighted by atomic mass is 16.5. The fourth-order valence-corrected chi connectivity index (χ4v) is 2.81. The van der Waals surface area contributed by atoms with E-state index in [4.69, 9.17) is 10.5 Å². The van der Waals surface area contributed by atoms with Gasteiger partial charge in [-0.3, -0.25) is 0 Å². The molecule has 100 valence electrons. The average Bonchev–Trinajstić information content (AvgIpc) is 2.40. The Morgan fingerprint density at radius 1 is 1.33 bits per heavy atom. The second-order valence-corrected chi connectivity index (χ2v) is 5.16. The first kappa shape index (κ1) is 13.4. The van der Waals surface area contributed by atoms with Crippen LogP contribution in [-0.4, -0.2) is 19.7 Å². The van der Waals surface area contributed by atoms with E-state index in [9.17, 15) is 0 Å². The van der Waals surface area contributed by atoms with Crippen molar-refractivity contribution >= 4 is 5.69 Å². The number of hydrogen-bond acceptors (Lipinski definition) is 3. The molecule has 3 heteroatoms. The van der Waals surface area contributed by atoms with E-state index < -0.39 is 0 Å². The molecule has 0 aromatic heterocycles. The zero-order valence-electron chi connectivity index (χ0n) is 11.2. The SMILES string of the molecule is COCc1cccc(NC2CCCCC2CN)c1. The van der Waals surface area contributed by atoms with Gasteiger partial charge in [0.2, 0.25) is 0 Å². The molecule has 1 aliphatic rings. The summed E-state index contributed by atoms with van der Waals surface area (Å²) < 4.78 is 5.17. The number of nitrogens with one attached hydrogen (secondary N) is 1. The highest BCUT2D eigenvalue weighted by molar-refractivity contribution is 5.46. The predicted molar refractivity (Wildman–Crippen MR) is 75.6 cm³/mol. The first-order valence-electron chi connectivity index (χ1n) is 6.88. The van der Waals surface area contributed by atoms with Crippen molar-refractivity contribution in [2.75, 3.05) is 19.0 Å². The summed E-state index contributed by atoms with van der Waals surface area (Å²) in [6, 6.07) is 9.00. The maximum Gasteiger partial charge on any atom is 0.0713 e. The molecule has 2 atom stereocenters. The van der Waals surface area contributed by atoms with Crippen molar-refractivity contribution in [2.45, 2.75) is 38.3 Å². The van der Waals surface area contributed by atoms with Gasteiger partial charge >= 0.3 is 0 Å². The molecule has 18 heavy (non-hydrogen) atoms. The highest BCUT2D eigenvalue weighted by Gasteiger charge is 2.23. The molecule has 3 N–H and O–H groups in total. The van der Waals surface area contributed by atoms with Crippen molar-refractivity contribution in [2.24, 2.45) is 11.7 Å². The first-order valence-corrected chi connectivity index (χ1v) is 6.88. The lowest BCUT2D eigenvalue weighted by atomic mass is 9.84. The maximum absolute atomic E-state index is 5.86. The summed E-state index contributed by atoms with van der Waals surface area (Å²) in [6.07, 6.45) is 5.12. The van der Waals surface area contributed by atoms with E-state index in [1.165, 1.54) is 36.9 Å². The fraction of sp³-hybridized carbons (Fsp3) is 0.600. The molecule has 1 saturated carbocycles. The summed E-state index contributed by atoms with van der Waals surface area (Å²) in [7, 11) is 1.73. The molecular weight excluding hydrogens is 224 g/mol. The van der Waals surface area contributed by atoms with Gasteiger partial charge in [0.1, 0.15) is 0 Å². The molecule has 2 rings (SSSR count). The summed E-state index contributed by atoms with van der Waals surface area (Å²) in [5, 5.41) is 3.65. The Bertz CT molecular complexity index is 367. The van der Waals surface area contributed by atoms with Crippen molar-refractivity contribution in [1.29, 1.82) is 0 Å². The number of methoxy groups -OCH3 is 1. The third kappa shape index (κ3) is 3.47. The molecule has 1 aromatic carbocycles. The summed E-state index contributed by atoms with van der Waals surface area (Å²) in [6.45, 7) is 1.45. The quantitative estimate of drug-likeness (QED) is 0.842. The van der Waals surface area contributed by atoms with Crippen molar-refractivity contribution in [3.63, 3.8) is 0 Å². The van der Waals surface area contributed by atoms with Gasteiger partial charge in [-0.1, -0.05) is 25.0 Å². The zero-order chi connectivity index (χ0) is 12.8. The van der Waals surface area contributed by atoms with Gasteiger partial charge in [-0.25, -0.2) is 0 Å². The number of anilines is 1. The van der Waals surface area contributed by atoms with Gasteiger partial charge in [0.25, 0.3) is 0 Å². The predicted octanol–water partition coefficient (Wildman–Crippen LogP) is 2.76. The Morgan fingerprint density at radius 3 is 2.94 bits per heavy atom. The standard InChI is InChI=1S/C15H24N2O/c1-18-11-12-5-4-7-14(9-12)17-15-8-3-2-6-13(15)10-16/h4-5,7,9,13,15,17H,2-3,6,8,10-11,16H2,1H3. The van der Waals surface area contributed by atoms with E-state index in [1.54, 1.807) is 7.11 Å². The summed E-state index contributed by atoms with van der Waals surface area (Å²) in [5.41, 5.74) is 8.27. The van der Waals surface area contributed by atoms with Gasteiger partial charge in [0, 0.05) is 18.8 Å². The number of hydrogen-bond donors (Lipinski definition) is 2. The number of rotatable bonds is 5. The second kappa shape index (κ2) is 6.76. The summed E-state index contributed by atoms with van der Waals surface area (Å²) in [4.78, 5) is 0. The van der Waals surface area contributed by atoms with E-state index in [2.05, 4.69) is 29.6 Å². The van der Waals surface area contributed by atoms with E-state index >= 15 is 0 Å². The van der Waals surface area contributed by atoms with Crippen LogP contribution in [0.2, 0.25) is 0 Å². The van der Waals surface area contributed by atoms with Crippen LogP contribution in [0.15, 0.2) is 24.3 Å². The molecule has 1 aliphatic carbocycles. The van der Waals surface area contributed by atoms with E-state index in [0.29, 0.717) is 18.6 Å². The topological polar surface area (TPSA) is 47.3 Å². The largest absolute Gasteiger partial charge is 0.382 e. The van der Waals surface area contributed by atoms with Gasteiger partial charge in [0.15, 0.2) is 0 Å². The molecule has 3 nitrogen and oxygen atoms in total. The summed E-state index contributed by atoms with van der Waals surface area (Å²) in [5.74, 6) is 0.616. The summed E-state index contributed by atoms with van der Waals surface area (Å²) >= 11 is 0. The van der Waals surface area contributed by atoms with Crippen LogP contribution in [0.5, 0.6) is 0 Å². The second-order valence-electron chi connectivity index (χ2n) is 5.16. The van der Waals surface area contributed by atoms with E-state index in [-0.39, 0.29) is 0 Å². The van der Waals surface area contributed by atoms with Gasteiger partial charge in [-0.15, -0.1) is 0 Å². The average molecular weight is 248 g/mol. The molecule has 0 bridgehead atoms. The first-order chi connectivity index (χ1) is 8.83. The molecule has 0 radical (unpaired) electrons. The van der Waals surface area contributed by atoms with Crippen LogP contribution in [0.25, 0.3) is 0 Å². The van der Waals surface area contributed by atoms with Crippen LogP contribution in [-0.2, 0) is 11.3 Å². The Kier molecular flexibility index (Phi) is 5.02. The minimum absolute atomic E-state index is 0.529. The highest BCUT2D eigenvalue weighted by Crippen LogP contribution is 2.26. The third-order valence-corrected chi connectivity index (χ3v) is 3.80. The number of benzene rings is 1. The number of nitrogens with two attached hydrogens (primary N) is 1. The maximum atomic E-state index is 5.86. The molecule has 1 fully saturated rings. The van der Waals surface area contributed by atoms with E-state index in [0.717, 1.165) is 6.54 Å². The monoisotopic (exact) mass is 248 g/mol. The lowest BCUT2D eigenvalue weighted by Gasteiger charge is -2.32. The van der Waals surface area contributed by atoms with Gasteiger partial charge in [-0.2, -0.15) is 0 Å². The normalized spacial score (nSPS) is 23.9. The molecule has 0 amide bonds. The lowest BCUT2D eigenvalue weighted by molar-refractivity contribution is 0.185. The Labute approximate surface area is 110 Å². The molecular formula is C15H24N2O. The van der Waals surface area contributed by atoms with Crippen LogP contribution >= 0.6 is 0 Å². The Balaban J connectivity index is 2.00. The molecule has 1 aromatic rings. The Hall–Kier alpha value is -1.06. The van der Waals surface area contributed by atoms with Crippen LogP contribution in [0, 0.1) is 5.92 Å². The minimum Gasteiger partial charge on any atom is -0.382 e. The van der Waals surface area contributed by atoms with Crippen molar-refractivity contribution in [3.8, 4) is 0 Å². The molecule has 0 heterocycles. The molecule has 0 saturated heterocycles. The van der Waals surface area contributed by atoms with Crippen LogP contribution in [0.1, 0.15) is 31.2 Å².